The maximum atomic E-state index is 2.70. The molecule has 17 aromatic carbocycles. The molecular formula is C110H85BN2. The number of hydrogen-bond acceptors (Lipinski definition) is 2. The minimum Gasteiger partial charge on any atom is -0.310 e. The van der Waals surface area contributed by atoms with Gasteiger partial charge in [0, 0.05) is 45.0 Å². The quantitative estimate of drug-likeness (QED) is 0.100. The Morgan fingerprint density at radius 3 is 0.726 bits per heavy atom. The van der Waals surface area contributed by atoms with Crippen LogP contribution in [0.1, 0.15) is 52.7 Å². The zero-order chi connectivity index (χ0) is 76.3. The highest BCUT2D eigenvalue weighted by Crippen LogP contribution is 2.59. The molecule has 0 saturated carbocycles. The Labute approximate surface area is 666 Å². The second kappa shape index (κ2) is 29.0. The van der Waals surface area contributed by atoms with Crippen molar-refractivity contribution in [2.24, 2.45) is 0 Å². The number of fused-ring (bicyclic) bond motifs is 4. The van der Waals surface area contributed by atoms with Crippen LogP contribution in [0.2, 0.25) is 0 Å². The zero-order valence-corrected chi connectivity index (χ0v) is 64.7. The summed E-state index contributed by atoms with van der Waals surface area (Å²) in [5, 5.41) is 0. The molecule has 19 rings (SSSR count). The van der Waals surface area contributed by atoms with Gasteiger partial charge in [0.25, 0.3) is 6.71 Å². The first kappa shape index (κ1) is 69.8. The van der Waals surface area contributed by atoms with Crippen LogP contribution in [-0.2, 0) is 10.8 Å². The summed E-state index contributed by atoms with van der Waals surface area (Å²) in [7, 11) is 0. The first-order chi connectivity index (χ1) is 55.4. The molecule has 0 spiro atoms. The first-order valence-corrected chi connectivity index (χ1v) is 39.7. The summed E-state index contributed by atoms with van der Waals surface area (Å²) in [6, 6.07) is 153. The van der Waals surface area contributed by atoms with Crippen LogP contribution in [0.25, 0.3) is 134 Å². The summed E-state index contributed by atoms with van der Waals surface area (Å²) in [5.41, 5.74) is 40.2. The highest BCUT2D eigenvalue weighted by molar-refractivity contribution is 7.00. The maximum absolute atomic E-state index is 2.70. The molecule has 17 aromatic rings. The average molecular weight is 1450 g/mol. The second-order valence-corrected chi connectivity index (χ2v) is 32.2. The predicted molar refractivity (Wildman–Crippen MR) is 483 cm³/mol. The van der Waals surface area contributed by atoms with Crippen LogP contribution in [0.3, 0.4) is 0 Å². The fourth-order valence-electron chi connectivity index (χ4n) is 18.0. The van der Waals surface area contributed by atoms with Gasteiger partial charge in [-0.25, -0.2) is 0 Å². The number of anilines is 6. The Morgan fingerprint density at radius 1 is 0.186 bits per heavy atom. The summed E-state index contributed by atoms with van der Waals surface area (Å²) in [5.74, 6) is 0. The van der Waals surface area contributed by atoms with Crippen molar-refractivity contribution < 1.29 is 0 Å². The summed E-state index contributed by atoms with van der Waals surface area (Å²) in [6.45, 7) is 13.7. The molecule has 2 nitrogen and oxygen atoms in total. The van der Waals surface area contributed by atoms with E-state index in [2.05, 4.69) is 458 Å². The zero-order valence-electron chi connectivity index (χ0n) is 64.7. The molecule has 0 bridgehead atoms. The number of rotatable bonds is 14. The van der Waals surface area contributed by atoms with Gasteiger partial charge in [-0.15, -0.1) is 0 Å². The molecule has 0 radical (unpaired) electrons. The highest BCUT2D eigenvalue weighted by Gasteiger charge is 2.46. The first-order valence-electron chi connectivity index (χ1n) is 39.7. The number of benzene rings is 17. The van der Waals surface area contributed by atoms with E-state index >= 15 is 0 Å². The Kier molecular flexibility index (Phi) is 17.9. The van der Waals surface area contributed by atoms with Crippen molar-refractivity contribution in [2.45, 2.75) is 52.4 Å². The summed E-state index contributed by atoms with van der Waals surface area (Å²) < 4.78 is 0. The van der Waals surface area contributed by atoms with E-state index in [0.717, 1.165) is 145 Å². The standard InChI is InChI=1S/C110H85BN2/c1-109(2,3)94-64-60-84(68-88(94)74-38-17-7-18-39-74)86-62-66-98-96(70-86)111-97-71-87(85-61-65-95(110(4,5)6)89(69-85)75-40-19-8-20-41-75)63-67-99(97)113(108-93(79-48-27-12-28-49-79)73-91(77-44-23-10-24-45-77)103(81-52-31-14-32-53-81)105(108)83-56-35-16-36-57-83)101-59-37-58-100(106(101)111)112(98)107-92(78-46-25-11-26-47-78)72-90(76-42-21-9-22-43-76)102(80-50-29-13-30-51-80)104(107)82-54-33-15-34-55-82/h7-73H,1-6H3. The van der Waals surface area contributed by atoms with Gasteiger partial charge in [-0.1, -0.05) is 399 Å². The van der Waals surface area contributed by atoms with Crippen molar-refractivity contribution in [1.82, 2.24) is 0 Å². The van der Waals surface area contributed by atoms with Gasteiger partial charge in [-0.05, 0) is 198 Å². The minimum absolute atomic E-state index is 0.128. The van der Waals surface area contributed by atoms with E-state index in [9.17, 15) is 0 Å². The minimum atomic E-state index is -0.321. The van der Waals surface area contributed by atoms with Gasteiger partial charge in [0.15, 0.2) is 0 Å². The molecule has 0 aromatic heterocycles. The lowest BCUT2D eigenvalue weighted by Crippen LogP contribution is -2.61. The maximum Gasteiger partial charge on any atom is 0.252 e. The molecule has 0 amide bonds. The number of nitrogens with zero attached hydrogens (tertiary/aromatic N) is 2. The van der Waals surface area contributed by atoms with Gasteiger partial charge >= 0.3 is 0 Å². The smallest absolute Gasteiger partial charge is 0.252 e. The fourth-order valence-corrected chi connectivity index (χ4v) is 18.0. The molecule has 0 aliphatic carbocycles. The molecule has 3 heteroatoms. The van der Waals surface area contributed by atoms with Crippen LogP contribution in [0, 0.1) is 0 Å². The summed E-state index contributed by atoms with van der Waals surface area (Å²) in [4.78, 5) is 5.40. The van der Waals surface area contributed by atoms with Crippen LogP contribution in [0.4, 0.5) is 34.1 Å². The fraction of sp³-hybridized carbons (Fsp3) is 0.0727. The molecule has 2 heterocycles. The molecular weight excluding hydrogens is 1360 g/mol. The molecule has 0 fully saturated rings. The summed E-state index contributed by atoms with van der Waals surface area (Å²) >= 11 is 0. The van der Waals surface area contributed by atoms with Crippen LogP contribution < -0.4 is 26.2 Å². The SMILES string of the molecule is CC(C)(C)c1ccc(-c2ccc3c(c2)B2c4cc(-c5ccc(C(C)(C)C)c(-c6ccccc6)c5)ccc4N(c4c(-c5ccccc5)cc(-c5ccccc5)c(-c5ccccc5)c4-c4ccccc4)c4cccc(c42)N3c2c(-c3ccccc3)cc(-c3ccccc3)c(-c3ccccc3)c2-c2ccccc2)cc1-c1ccccc1. The average Bonchev–Trinajstić information content (AvgIpc) is 0.689. The largest absolute Gasteiger partial charge is 0.310 e. The van der Waals surface area contributed by atoms with Crippen molar-refractivity contribution in [3.63, 3.8) is 0 Å². The Hall–Kier alpha value is -13.6. The third-order valence-electron chi connectivity index (χ3n) is 23.1. The van der Waals surface area contributed by atoms with E-state index in [4.69, 9.17) is 0 Å². The van der Waals surface area contributed by atoms with Crippen LogP contribution in [0.15, 0.2) is 406 Å². The highest BCUT2D eigenvalue weighted by atomic mass is 15.2. The lowest BCUT2D eigenvalue weighted by Gasteiger charge is -2.46. The third kappa shape index (κ3) is 12.7. The van der Waals surface area contributed by atoms with Crippen molar-refractivity contribution >= 4 is 57.2 Å². The van der Waals surface area contributed by atoms with E-state index < -0.39 is 0 Å². The topological polar surface area (TPSA) is 6.48 Å². The molecule has 2 aliphatic rings. The van der Waals surface area contributed by atoms with Gasteiger partial charge in [-0.2, -0.15) is 0 Å². The van der Waals surface area contributed by atoms with E-state index in [1.165, 1.54) is 49.8 Å². The van der Waals surface area contributed by atoms with E-state index in [-0.39, 0.29) is 17.5 Å². The van der Waals surface area contributed by atoms with Gasteiger partial charge in [-0.3, -0.25) is 0 Å². The Bertz CT molecular complexity index is 5990. The molecule has 0 N–H and O–H groups in total. The summed E-state index contributed by atoms with van der Waals surface area (Å²) in [6.07, 6.45) is 0. The van der Waals surface area contributed by atoms with Crippen molar-refractivity contribution in [1.29, 1.82) is 0 Å². The molecule has 0 atom stereocenters. The van der Waals surface area contributed by atoms with Gasteiger partial charge in [0.1, 0.15) is 0 Å². The molecule has 2 aliphatic heterocycles. The normalized spacial score (nSPS) is 12.3. The predicted octanol–water partition coefficient (Wildman–Crippen LogP) is 28.4. The second-order valence-electron chi connectivity index (χ2n) is 32.2. The molecule has 538 valence electrons. The lowest BCUT2D eigenvalue weighted by atomic mass is 9.33. The third-order valence-corrected chi connectivity index (χ3v) is 23.1. The molecule has 0 unspecified atom stereocenters. The monoisotopic (exact) mass is 1440 g/mol. The lowest BCUT2D eigenvalue weighted by molar-refractivity contribution is 0.592. The molecule has 0 saturated heterocycles. The van der Waals surface area contributed by atoms with E-state index in [1.54, 1.807) is 0 Å². The van der Waals surface area contributed by atoms with Gasteiger partial charge in [0.05, 0.1) is 11.4 Å². The van der Waals surface area contributed by atoms with Crippen LogP contribution in [0.5, 0.6) is 0 Å². The Balaban J connectivity index is 0.999. The van der Waals surface area contributed by atoms with Crippen LogP contribution in [-0.4, -0.2) is 6.71 Å². The van der Waals surface area contributed by atoms with Crippen molar-refractivity contribution in [3.8, 4) is 134 Å². The van der Waals surface area contributed by atoms with Gasteiger partial charge < -0.3 is 9.80 Å². The Morgan fingerprint density at radius 2 is 0.434 bits per heavy atom. The van der Waals surface area contributed by atoms with Crippen molar-refractivity contribution in [3.05, 3.63) is 418 Å². The van der Waals surface area contributed by atoms with E-state index in [0.29, 0.717) is 0 Å². The molecule has 113 heavy (non-hydrogen) atoms. The number of hydrogen-bond donors (Lipinski definition) is 0. The van der Waals surface area contributed by atoms with Gasteiger partial charge in [0.2, 0.25) is 0 Å². The van der Waals surface area contributed by atoms with Crippen LogP contribution >= 0.6 is 0 Å². The van der Waals surface area contributed by atoms with E-state index in [1.807, 2.05) is 0 Å². The van der Waals surface area contributed by atoms with Crippen molar-refractivity contribution in [2.75, 3.05) is 9.80 Å².